The van der Waals surface area contributed by atoms with E-state index >= 15 is 0 Å². The maximum atomic E-state index is 12.9. The van der Waals surface area contributed by atoms with E-state index in [4.69, 9.17) is 8.39 Å². The van der Waals surface area contributed by atoms with Crippen molar-refractivity contribution in [1.82, 2.24) is 0 Å². The van der Waals surface area contributed by atoms with E-state index < -0.39 is 19.8 Å². The first-order valence-corrected chi connectivity index (χ1v) is 10.5. The van der Waals surface area contributed by atoms with Crippen LogP contribution in [0.5, 0.6) is 0 Å². The fraction of sp³-hybridized carbons (Fsp3) is 0.0417. The molecule has 2 nitrogen and oxygen atoms in total. The molecule has 1 aromatic heterocycles. The molecule has 0 amide bonds. The molecule has 0 spiro atoms. The Morgan fingerprint density at radius 3 is 1.80 bits per heavy atom. The molecule has 5 radical (unpaired) electrons. The molecule has 1 aliphatic rings. The summed E-state index contributed by atoms with van der Waals surface area (Å²) in [6.45, 7) is 0. The number of hydrogen-bond acceptors (Lipinski definition) is 2. The minimum atomic E-state index is -4.36. The van der Waals surface area contributed by atoms with Crippen LogP contribution >= 0.6 is 8.01 Å². The number of rotatable bonds is 2. The van der Waals surface area contributed by atoms with Crippen molar-refractivity contribution in [3.63, 3.8) is 0 Å². The Balaban J connectivity index is 1.62. The highest BCUT2D eigenvalue weighted by Gasteiger charge is 2.37. The molecule has 0 atom stereocenters. The molecule has 1 heterocycles. The summed E-state index contributed by atoms with van der Waals surface area (Å²) in [5, 5.41) is 1.89. The fourth-order valence-corrected chi connectivity index (χ4v) is 5.00. The second-order valence-corrected chi connectivity index (χ2v) is 8.19. The number of fused-ring (bicyclic) bond motifs is 3. The predicted molar refractivity (Wildman–Crippen MR) is 112 cm³/mol. The number of para-hydroxylation sites is 2. The highest BCUT2D eigenvalue weighted by Crippen LogP contribution is 2.55. The summed E-state index contributed by atoms with van der Waals surface area (Å²) in [6.07, 6.45) is 1.27. The van der Waals surface area contributed by atoms with Gasteiger partial charge in [-0.25, -0.2) is 0 Å². The lowest BCUT2D eigenvalue weighted by Gasteiger charge is -2.16. The van der Waals surface area contributed by atoms with Crippen LogP contribution in [0.25, 0.3) is 21.9 Å². The quantitative estimate of drug-likeness (QED) is 0.327. The van der Waals surface area contributed by atoms with Crippen LogP contribution in [0.1, 0.15) is 11.1 Å². The number of alkyl halides is 3. The lowest BCUT2D eigenvalue weighted by atomic mass is 9.96. The van der Waals surface area contributed by atoms with Crippen LogP contribution < -0.4 is 0 Å². The Labute approximate surface area is 172 Å². The van der Waals surface area contributed by atoms with E-state index in [-0.39, 0.29) is 0 Å². The van der Waals surface area contributed by atoms with Crippen LogP contribution in [0, 0.1) is 30.8 Å². The summed E-state index contributed by atoms with van der Waals surface area (Å²) in [7, 11) is -1.53. The van der Waals surface area contributed by atoms with Crippen molar-refractivity contribution in [3.05, 3.63) is 115 Å². The summed E-state index contributed by atoms with van der Waals surface area (Å²) in [5.74, 6) is 0.798. The highest BCUT2D eigenvalue weighted by atomic mass is 31.1. The van der Waals surface area contributed by atoms with Gasteiger partial charge in [0.2, 0.25) is 8.01 Å². The molecular formula is C24H15F3O2P. The minimum absolute atomic E-state index is 0.671. The second kappa shape index (κ2) is 7.55. The Morgan fingerprint density at radius 2 is 1.23 bits per heavy atom. The molecular weight excluding hydrogens is 408 g/mol. The summed E-state index contributed by atoms with van der Waals surface area (Å²) in [5.41, 5.74) is 2.26. The monoisotopic (exact) mass is 423 g/mol. The molecule has 0 unspecified atom stereocenters. The Hall–Kier alpha value is -2.65. The van der Waals surface area contributed by atoms with Crippen molar-refractivity contribution >= 4 is 30.0 Å². The Morgan fingerprint density at radius 1 is 0.667 bits per heavy atom. The molecule has 5 rings (SSSR count). The van der Waals surface area contributed by atoms with Crippen LogP contribution in [-0.4, -0.2) is 0 Å². The number of benzene rings is 3. The van der Waals surface area contributed by atoms with Gasteiger partial charge in [-0.1, -0.05) is 48.5 Å². The van der Waals surface area contributed by atoms with Crippen molar-refractivity contribution < 1.29 is 21.6 Å². The van der Waals surface area contributed by atoms with Crippen molar-refractivity contribution in [2.45, 2.75) is 6.18 Å². The molecule has 30 heavy (non-hydrogen) atoms. The van der Waals surface area contributed by atoms with E-state index in [2.05, 4.69) is 0 Å². The number of hydrogen-bond donors (Lipinski definition) is 0. The average molecular weight is 423 g/mol. The largest absolute Gasteiger partial charge is 0.419 e. The van der Waals surface area contributed by atoms with Crippen LogP contribution in [-0.2, 0) is 6.18 Å². The standard InChI is InChI=1S/C24H15F3O2P/c25-24(26,27)17-14-12-16(13-15-17)18-8-5-11-23(18)30-28-21-9-3-1-6-19(21)20-7-2-4-10-22(20)29-30/h1-15H. The van der Waals surface area contributed by atoms with Crippen LogP contribution in [0.15, 0.2) is 81.2 Å². The van der Waals surface area contributed by atoms with Crippen LogP contribution in [0.3, 0.4) is 0 Å². The molecule has 4 aromatic rings. The number of halogens is 3. The molecule has 0 aliphatic heterocycles. The average Bonchev–Trinajstić information content (AvgIpc) is 3.17. The topological polar surface area (TPSA) is 26.3 Å². The minimum Gasteiger partial charge on any atom is -0.419 e. The first kappa shape index (κ1) is 19.3. The van der Waals surface area contributed by atoms with Gasteiger partial charge in [0.25, 0.3) is 0 Å². The molecule has 0 N–H and O–H groups in total. The van der Waals surface area contributed by atoms with Gasteiger partial charge < -0.3 is 8.39 Å². The van der Waals surface area contributed by atoms with E-state index in [1.165, 1.54) is 12.1 Å². The molecule has 1 aliphatic carbocycles. The molecule has 1 fully saturated rings. The normalized spacial score (nSPS) is 15.8. The summed E-state index contributed by atoms with van der Waals surface area (Å²) >= 11 is 0. The van der Waals surface area contributed by atoms with Gasteiger partial charge >= 0.3 is 6.18 Å². The maximum Gasteiger partial charge on any atom is 0.416 e. The van der Waals surface area contributed by atoms with Gasteiger partial charge in [0, 0.05) is 16.7 Å². The van der Waals surface area contributed by atoms with E-state index in [0.29, 0.717) is 16.7 Å². The molecule has 0 saturated heterocycles. The molecule has 149 valence electrons. The molecule has 0 bridgehead atoms. The molecule has 3 aromatic carbocycles. The van der Waals surface area contributed by atoms with E-state index in [9.17, 15) is 13.2 Å². The van der Waals surface area contributed by atoms with Gasteiger partial charge in [-0.15, -0.1) is 0 Å². The van der Waals surface area contributed by atoms with Crippen molar-refractivity contribution in [1.29, 1.82) is 0 Å². The van der Waals surface area contributed by atoms with Crippen LogP contribution in [0.2, 0.25) is 0 Å². The maximum absolute atomic E-state index is 12.9. The SMILES string of the molecule is FC(F)(F)c1ccc([C]2[CH][CH][CH][C]2p2oc3ccccc3c3ccccc3o2)cc1. The van der Waals surface area contributed by atoms with E-state index in [0.717, 1.165) is 34.5 Å². The van der Waals surface area contributed by atoms with Crippen molar-refractivity contribution in [2.24, 2.45) is 0 Å². The van der Waals surface area contributed by atoms with Crippen molar-refractivity contribution in [3.8, 4) is 0 Å². The second-order valence-electron chi connectivity index (χ2n) is 6.83. The third kappa shape index (κ3) is 3.52. The Kier molecular flexibility index (Phi) is 4.86. The zero-order valence-electron chi connectivity index (χ0n) is 15.6. The van der Waals surface area contributed by atoms with Crippen molar-refractivity contribution in [2.75, 3.05) is 0 Å². The third-order valence-electron chi connectivity index (χ3n) is 4.94. The van der Waals surface area contributed by atoms with Gasteiger partial charge in [-0.2, -0.15) is 13.2 Å². The zero-order valence-corrected chi connectivity index (χ0v) is 16.5. The lowest BCUT2D eigenvalue weighted by molar-refractivity contribution is -0.137. The van der Waals surface area contributed by atoms with E-state index in [1.54, 1.807) is 0 Å². The van der Waals surface area contributed by atoms with Gasteiger partial charge in [-0.05, 0) is 49.1 Å². The van der Waals surface area contributed by atoms with Crippen LogP contribution in [0.4, 0.5) is 13.2 Å². The van der Waals surface area contributed by atoms with Gasteiger partial charge in [0.1, 0.15) is 16.8 Å². The molecule has 1 saturated carbocycles. The first-order valence-electron chi connectivity index (χ1n) is 9.28. The smallest absolute Gasteiger partial charge is 0.416 e. The zero-order chi connectivity index (χ0) is 20.7. The lowest BCUT2D eigenvalue weighted by Crippen LogP contribution is -2.06. The van der Waals surface area contributed by atoms with Gasteiger partial charge in [-0.3, -0.25) is 0 Å². The summed E-state index contributed by atoms with van der Waals surface area (Å²) < 4.78 is 51.3. The van der Waals surface area contributed by atoms with Gasteiger partial charge in [0.05, 0.1) is 5.56 Å². The third-order valence-corrected chi connectivity index (χ3v) is 6.45. The summed E-state index contributed by atoms with van der Waals surface area (Å²) in [4.78, 5) is 0. The van der Waals surface area contributed by atoms with E-state index in [1.807, 2.05) is 67.8 Å². The predicted octanol–water partition coefficient (Wildman–Crippen LogP) is 7.94. The van der Waals surface area contributed by atoms with Gasteiger partial charge in [0.15, 0.2) is 0 Å². The fourth-order valence-electron chi connectivity index (χ4n) is 3.49. The summed E-state index contributed by atoms with van der Waals surface area (Å²) in [6, 6.07) is 20.6. The Bertz CT molecular complexity index is 1170. The molecule has 6 heteroatoms. The highest BCUT2D eigenvalue weighted by molar-refractivity contribution is 7.42. The first-order chi connectivity index (χ1) is 14.5.